The Labute approximate surface area is 172 Å². The second kappa shape index (κ2) is 7.58. The molecule has 0 spiro atoms. The van der Waals surface area contributed by atoms with Gasteiger partial charge in [-0.05, 0) is 78.8 Å². The first-order valence-corrected chi connectivity index (χ1v) is 10.6. The van der Waals surface area contributed by atoms with E-state index in [1.54, 1.807) is 19.2 Å². The van der Waals surface area contributed by atoms with Crippen molar-refractivity contribution in [1.82, 2.24) is 20.2 Å². The Hall–Kier alpha value is -1.57. The summed E-state index contributed by atoms with van der Waals surface area (Å²) in [6.45, 7) is 0.360. The van der Waals surface area contributed by atoms with Crippen LogP contribution in [0.1, 0.15) is 5.56 Å². The molecule has 0 atom stereocenters. The van der Waals surface area contributed by atoms with Crippen molar-refractivity contribution in [2.75, 3.05) is 7.11 Å². The van der Waals surface area contributed by atoms with Gasteiger partial charge < -0.3 is 4.74 Å². The molecule has 26 heavy (non-hydrogen) atoms. The van der Waals surface area contributed by atoms with E-state index in [-0.39, 0.29) is 4.90 Å². The van der Waals surface area contributed by atoms with Gasteiger partial charge in [-0.3, -0.25) is 0 Å². The molecule has 0 aliphatic heterocycles. The first-order valence-electron chi connectivity index (χ1n) is 7.21. The zero-order chi connectivity index (χ0) is 18.9. The molecular formula is C15H13BrIN5O3S. The van der Waals surface area contributed by atoms with Gasteiger partial charge in [0.15, 0.2) is 5.82 Å². The number of hydrogen-bond acceptors (Lipinski definition) is 6. The molecule has 136 valence electrons. The van der Waals surface area contributed by atoms with E-state index in [2.05, 4.69) is 31.5 Å². The molecule has 11 heteroatoms. The Morgan fingerprint density at radius 2 is 1.92 bits per heavy atom. The summed E-state index contributed by atoms with van der Waals surface area (Å²) in [6.07, 6.45) is 0. The molecule has 0 amide bonds. The summed E-state index contributed by atoms with van der Waals surface area (Å²) in [7, 11) is -2.39. The molecular weight excluding hydrogens is 537 g/mol. The summed E-state index contributed by atoms with van der Waals surface area (Å²) >= 11 is 5.29. The van der Waals surface area contributed by atoms with E-state index in [1.165, 1.54) is 4.68 Å². The molecule has 3 aromatic rings. The smallest absolute Gasteiger partial charge is 0.239 e. The average Bonchev–Trinajstić information content (AvgIpc) is 3.04. The van der Waals surface area contributed by atoms with Crippen LogP contribution in [-0.2, 0) is 16.6 Å². The minimum atomic E-state index is -3.99. The Morgan fingerprint density at radius 3 is 2.54 bits per heavy atom. The molecule has 1 heterocycles. The Balaban J connectivity index is 2.10. The van der Waals surface area contributed by atoms with Crippen LogP contribution in [0.4, 0.5) is 0 Å². The number of aromatic nitrogens is 4. The molecule has 0 bridgehead atoms. The van der Waals surface area contributed by atoms with E-state index in [4.69, 9.17) is 9.88 Å². The van der Waals surface area contributed by atoms with Crippen molar-refractivity contribution < 1.29 is 13.2 Å². The van der Waals surface area contributed by atoms with Crippen LogP contribution in [0.5, 0.6) is 5.75 Å². The van der Waals surface area contributed by atoms with Crippen LogP contribution in [0.2, 0.25) is 0 Å². The number of sulfonamides is 1. The van der Waals surface area contributed by atoms with Gasteiger partial charge in [0.1, 0.15) is 10.6 Å². The molecule has 0 aliphatic rings. The number of methoxy groups -OCH3 is 1. The van der Waals surface area contributed by atoms with E-state index in [9.17, 15) is 8.42 Å². The van der Waals surface area contributed by atoms with Crippen molar-refractivity contribution in [3.8, 4) is 17.1 Å². The highest BCUT2D eigenvalue weighted by Crippen LogP contribution is 2.35. The van der Waals surface area contributed by atoms with Crippen molar-refractivity contribution in [3.63, 3.8) is 0 Å². The van der Waals surface area contributed by atoms with Crippen molar-refractivity contribution in [2.24, 2.45) is 5.14 Å². The lowest BCUT2D eigenvalue weighted by atomic mass is 10.2. The zero-order valence-corrected chi connectivity index (χ0v) is 18.0. The van der Waals surface area contributed by atoms with Crippen LogP contribution in [-0.4, -0.2) is 35.7 Å². The van der Waals surface area contributed by atoms with Gasteiger partial charge in [0.2, 0.25) is 10.0 Å². The Morgan fingerprint density at radius 1 is 1.23 bits per heavy atom. The van der Waals surface area contributed by atoms with Crippen LogP contribution in [0.25, 0.3) is 11.4 Å². The highest BCUT2D eigenvalue weighted by molar-refractivity contribution is 14.1. The Kier molecular flexibility index (Phi) is 5.60. The van der Waals surface area contributed by atoms with Crippen molar-refractivity contribution >= 4 is 48.5 Å². The molecule has 0 radical (unpaired) electrons. The predicted octanol–water partition coefficient (Wildman–Crippen LogP) is 2.41. The van der Waals surface area contributed by atoms with E-state index in [1.807, 2.05) is 46.9 Å². The lowest BCUT2D eigenvalue weighted by molar-refractivity contribution is 0.414. The summed E-state index contributed by atoms with van der Waals surface area (Å²) in [6, 6.07) is 10.8. The van der Waals surface area contributed by atoms with Gasteiger partial charge in [-0.2, -0.15) is 0 Å². The van der Waals surface area contributed by atoms with Crippen LogP contribution < -0.4 is 9.88 Å². The summed E-state index contributed by atoms with van der Waals surface area (Å²) in [5, 5.41) is 17.1. The minimum absolute atomic E-state index is 0.0461. The predicted molar refractivity (Wildman–Crippen MR) is 107 cm³/mol. The molecule has 3 rings (SSSR count). The van der Waals surface area contributed by atoms with Crippen molar-refractivity contribution in [1.29, 1.82) is 0 Å². The van der Waals surface area contributed by atoms with Crippen molar-refractivity contribution in [2.45, 2.75) is 11.4 Å². The van der Waals surface area contributed by atoms with E-state index >= 15 is 0 Å². The van der Waals surface area contributed by atoms with Gasteiger partial charge in [-0.15, -0.1) is 5.10 Å². The summed E-state index contributed by atoms with van der Waals surface area (Å²) < 4.78 is 31.9. The van der Waals surface area contributed by atoms with Gasteiger partial charge in [-0.25, -0.2) is 18.2 Å². The molecule has 0 aliphatic carbocycles. The number of primary sulfonamides is 1. The minimum Gasteiger partial charge on any atom is -0.497 e. The fraction of sp³-hybridized carbons (Fsp3) is 0.133. The Bertz CT molecular complexity index is 1050. The quantitative estimate of drug-likeness (QED) is 0.489. The molecule has 0 saturated heterocycles. The number of hydrogen-bond donors (Lipinski definition) is 1. The molecule has 1 aromatic heterocycles. The SMILES string of the molecule is COc1ccc(Cn2nnnc2-c2c(I)ccc(Br)c2S(N)(=O)=O)cc1. The zero-order valence-electron chi connectivity index (χ0n) is 13.4. The van der Waals surface area contributed by atoms with Gasteiger partial charge in [0.25, 0.3) is 0 Å². The number of nitrogens with two attached hydrogens (primary N) is 1. The first kappa shape index (κ1) is 19.2. The maximum atomic E-state index is 12.1. The third kappa shape index (κ3) is 3.89. The second-order valence-corrected chi connectivity index (χ2v) is 8.80. The number of halogens is 2. The maximum absolute atomic E-state index is 12.1. The second-order valence-electron chi connectivity index (χ2n) is 5.29. The topological polar surface area (TPSA) is 113 Å². The van der Waals surface area contributed by atoms with Crippen molar-refractivity contribution in [3.05, 3.63) is 50.0 Å². The van der Waals surface area contributed by atoms with Crippen LogP contribution >= 0.6 is 38.5 Å². The van der Waals surface area contributed by atoms with E-state index in [0.29, 0.717) is 26.0 Å². The number of ether oxygens (including phenoxy) is 1. The van der Waals surface area contributed by atoms with Crippen LogP contribution in [0, 0.1) is 3.57 Å². The van der Waals surface area contributed by atoms with Gasteiger partial charge in [0, 0.05) is 8.04 Å². The van der Waals surface area contributed by atoms with Gasteiger partial charge in [0.05, 0.1) is 19.2 Å². The van der Waals surface area contributed by atoms with E-state index < -0.39 is 10.0 Å². The lowest BCUT2D eigenvalue weighted by Gasteiger charge is -2.12. The van der Waals surface area contributed by atoms with Crippen LogP contribution in [0.15, 0.2) is 45.8 Å². The maximum Gasteiger partial charge on any atom is 0.239 e. The first-order chi connectivity index (χ1) is 12.3. The highest BCUT2D eigenvalue weighted by Gasteiger charge is 2.25. The van der Waals surface area contributed by atoms with Gasteiger partial charge in [-0.1, -0.05) is 12.1 Å². The third-order valence-corrected chi connectivity index (χ3v) is 6.41. The molecule has 0 saturated carbocycles. The number of benzene rings is 2. The lowest BCUT2D eigenvalue weighted by Crippen LogP contribution is -2.16. The summed E-state index contributed by atoms with van der Waals surface area (Å²) in [4.78, 5) is -0.0461. The largest absolute Gasteiger partial charge is 0.497 e. The number of tetrazole rings is 1. The normalized spacial score (nSPS) is 11.5. The monoisotopic (exact) mass is 549 g/mol. The van der Waals surface area contributed by atoms with Crippen LogP contribution in [0.3, 0.4) is 0 Å². The molecule has 8 nitrogen and oxygen atoms in total. The fourth-order valence-corrected chi connectivity index (χ4v) is 5.12. The summed E-state index contributed by atoms with van der Waals surface area (Å²) in [5.74, 6) is 1.05. The standard InChI is InChI=1S/C15H13BrIN5O3S/c1-25-10-4-2-9(3-5-10)8-22-15(19-20-21-22)13-12(17)7-6-11(16)14(13)26(18,23)24/h2-7H,8H2,1H3,(H2,18,23,24). The molecule has 2 aromatic carbocycles. The average molecular weight is 550 g/mol. The molecule has 0 fully saturated rings. The number of rotatable bonds is 5. The van der Waals surface area contributed by atoms with E-state index in [0.717, 1.165) is 11.3 Å². The summed E-state index contributed by atoms with van der Waals surface area (Å²) in [5.41, 5.74) is 1.29. The third-order valence-electron chi connectivity index (χ3n) is 3.59. The van der Waals surface area contributed by atoms with Gasteiger partial charge >= 0.3 is 0 Å². The fourth-order valence-electron chi connectivity index (χ4n) is 2.41. The molecule has 2 N–H and O–H groups in total. The highest BCUT2D eigenvalue weighted by atomic mass is 127. The molecule has 0 unspecified atom stereocenters. The number of nitrogens with zero attached hydrogens (tertiary/aromatic N) is 4.